The number of allylic oxidation sites excluding steroid dienone is 2. The highest BCUT2D eigenvalue weighted by Crippen LogP contribution is 2.57. The van der Waals surface area contributed by atoms with E-state index in [0.717, 1.165) is 0 Å². The zero-order valence-corrected chi connectivity index (χ0v) is 12.9. The lowest BCUT2D eigenvalue weighted by molar-refractivity contribution is 0.567. The van der Waals surface area contributed by atoms with Crippen LogP contribution in [0.4, 0.5) is 5.69 Å². The first kappa shape index (κ1) is 12.3. The minimum atomic E-state index is 0.0960. The van der Waals surface area contributed by atoms with Crippen LogP contribution < -0.4 is 5.32 Å². The number of hydrogen-bond donors (Lipinski definition) is 1. The Morgan fingerprint density at radius 3 is 2.64 bits per heavy atom. The SMILES string of the molecule is CC1(C)C2=C(C=CC3Nc4ccccc4C23)c2ccccc21. The number of anilines is 1. The molecule has 2 aromatic rings. The maximum Gasteiger partial charge on any atom is 0.0555 e. The average molecular weight is 285 g/mol. The zero-order valence-electron chi connectivity index (χ0n) is 12.9. The van der Waals surface area contributed by atoms with Crippen LogP contribution in [0.15, 0.2) is 66.3 Å². The molecule has 2 aliphatic carbocycles. The third-order valence-electron chi connectivity index (χ3n) is 5.61. The number of fused-ring (bicyclic) bond motifs is 6. The monoisotopic (exact) mass is 285 g/mol. The fourth-order valence-electron chi connectivity index (χ4n) is 4.68. The van der Waals surface area contributed by atoms with Crippen LogP contribution in [0.1, 0.15) is 36.5 Å². The highest BCUT2D eigenvalue weighted by molar-refractivity contribution is 5.90. The molecule has 108 valence electrons. The van der Waals surface area contributed by atoms with Crippen molar-refractivity contribution in [2.75, 3.05) is 5.32 Å². The van der Waals surface area contributed by atoms with Crippen molar-refractivity contribution in [2.24, 2.45) is 0 Å². The summed E-state index contributed by atoms with van der Waals surface area (Å²) in [4.78, 5) is 0. The molecule has 5 rings (SSSR count). The Hall–Kier alpha value is -2.28. The maximum absolute atomic E-state index is 3.69. The van der Waals surface area contributed by atoms with E-state index in [0.29, 0.717) is 12.0 Å². The fourth-order valence-corrected chi connectivity index (χ4v) is 4.68. The van der Waals surface area contributed by atoms with Crippen molar-refractivity contribution in [3.05, 3.63) is 82.9 Å². The van der Waals surface area contributed by atoms with Crippen LogP contribution in [0.2, 0.25) is 0 Å². The second-order valence-electron chi connectivity index (χ2n) is 7.09. The van der Waals surface area contributed by atoms with Crippen molar-refractivity contribution in [1.82, 2.24) is 0 Å². The van der Waals surface area contributed by atoms with Crippen LogP contribution in [0.3, 0.4) is 0 Å². The van der Waals surface area contributed by atoms with Gasteiger partial charge in [0.05, 0.1) is 6.04 Å². The van der Waals surface area contributed by atoms with E-state index in [1.807, 2.05) is 0 Å². The molecule has 22 heavy (non-hydrogen) atoms. The third kappa shape index (κ3) is 1.34. The number of para-hydroxylation sites is 1. The molecule has 0 radical (unpaired) electrons. The lowest BCUT2D eigenvalue weighted by Gasteiger charge is -2.33. The summed E-state index contributed by atoms with van der Waals surface area (Å²) in [7, 11) is 0. The molecule has 0 aromatic heterocycles. The summed E-state index contributed by atoms with van der Waals surface area (Å²) in [5.41, 5.74) is 8.75. The van der Waals surface area contributed by atoms with Crippen LogP contribution in [0, 0.1) is 0 Å². The highest BCUT2D eigenvalue weighted by atomic mass is 15.0. The Kier molecular flexibility index (Phi) is 2.19. The summed E-state index contributed by atoms with van der Waals surface area (Å²) in [6, 6.07) is 18.1. The van der Waals surface area contributed by atoms with Crippen LogP contribution in [-0.4, -0.2) is 6.04 Å². The van der Waals surface area contributed by atoms with Gasteiger partial charge in [-0.1, -0.05) is 68.5 Å². The zero-order chi connectivity index (χ0) is 14.9. The van der Waals surface area contributed by atoms with Crippen molar-refractivity contribution >= 4 is 11.3 Å². The molecule has 1 aliphatic heterocycles. The number of hydrogen-bond acceptors (Lipinski definition) is 1. The fraction of sp³-hybridized carbons (Fsp3) is 0.238. The third-order valence-corrected chi connectivity index (χ3v) is 5.61. The molecular weight excluding hydrogens is 266 g/mol. The van der Waals surface area contributed by atoms with Crippen molar-refractivity contribution in [1.29, 1.82) is 0 Å². The van der Waals surface area contributed by atoms with Gasteiger partial charge in [0.15, 0.2) is 0 Å². The smallest absolute Gasteiger partial charge is 0.0555 e. The first-order valence-corrected chi connectivity index (χ1v) is 8.06. The Balaban J connectivity index is 1.78. The van der Waals surface area contributed by atoms with Crippen molar-refractivity contribution < 1.29 is 0 Å². The molecule has 2 atom stereocenters. The van der Waals surface area contributed by atoms with Gasteiger partial charge in [-0.2, -0.15) is 0 Å². The van der Waals surface area contributed by atoms with E-state index in [4.69, 9.17) is 0 Å². The summed E-state index contributed by atoms with van der Waals surface area (Å²) < 4.78 is 0. The molecule has 0 saturated carbocycles. The standard InChI is InChI=1S/C21H19N/c1-21(2)16-9-5-3-7-13(16)14-11-12-18-19(20(14)21)15-8-4-6-10-17(15)22-18/h3-12,18-19,22H,1-2H3. The van der Waals surface area contributed by atoms with E-state index in [1.54, 1.807) is 5.57 Å². The van der Waals surface area contributed by atoms with Gasteiger partial charge in [-0.15, -0.1) is 0 Å². The number of rotatable bonds is 0. The summed E-state index contributed by atoms with van der Waals surface area (Å²) in [5, 5.41) is 3.69. The van der Waals surface area contributed by atoms with Crippen LogP contribution >= 0.6 is 0 Å². The molecule has 0 spiro atoms. The molecule has 2 unspecified atom stereocenters. The summed E-state index contributed by atoms with van der Waals surface area (Å²) in [6.45, 7) is 4.76. The molecule has 1 heteroatoms. The lowest BCUT2D eigenvalue weighted by Crippen LogP contribution is -2.29. The molecule has 0 saturated heterocycles. The molecule has 1 nitrogen and oxygen atoms in total. The second-order valence-corrected chi connectivity index (χ2v) is 7.09. The van der Waals surface area contributed by atoms with E-state index < -0.39 is 0 Å². The van der Waals surface area contributed by atoms with Crippen molar-refractivity contribution in [3.63, 3.8) is 0 Å². The summed E-state index contributed by atoms with van der Waals surface area (Å²) in [5.74, 6) is 0.457. The molecular formula is C21H19N. The molecule has 0 amide bonds. The maximum atomic E-state index is 3.69. The average Bonchev–Trinajstić information content (AvgIpc) is 3.02. The molecule has 2 aromatic carbocycles. The van der Waals surface area contributed by atoms with Crippen LogP contribution in [0.25, 0.3) is 5.57 Å². The van der Waals surface area contributed by atoms with Crippen molar-refractivity contribution in [2.45, 2.75) is 31.2 Å². The minimum absolute atomic E-state index is 0.0960. The Morgan fingerprint density at radius 1 is 0.955 bits per heavy atom. The Labute approximate surface area is 131 Å². The summed E-state index contributed by atoms with van der Waals surface area (Å²) in [6.07, 6.45) is 4.69. The van der Waals surface area contributed by atoms with E-state index in [9.17, 15) is 0 Å². The predicted molar refractivity (Wildman–Crippen MR) is 92.1 cm³/mol. The van der Waals surface area contributed by atoms with Crippen LogP contribution in [-0.2, 0) is 5.41 Å². The van der Waals surface area contributed by atoms with Gasteiger partial charge in [0.25, 0.3) is 0 Å². The molecule has 1 N–H and O–H groups in total. The Morgan fingerprint density at radius 2 is 1.73 bits per heavy atom. The van der Waals surface area contributed by atoms with E-state index in [1.165, 1.54) is 28.0 Å². The molecule has 0 bridgehead atoms. The van der Waals surface area contributed by atoms with E-state index in [-0.39, 0.29) is 5.41 Å². The molecule has 1 heterocycles. The topological polar surface area (TPSA) is 12.0 Å². The number of nitrogens with one attached hydrogen (secondary N) is 1. The van der Waals surface area contributed by atoms with Crippen LogP contribution in [0.5, 0.6) is 0 Å². The van der Waals surface area contributed by atoms with E-state index in [2.05, 4.69) is 79.8 Å². The van der Waals surface area contributed by atoms with Gasteiger partial charge in [-0.25, -0.2) is 0 Å². The van der Waals surface area contributed by atoms with Gasteiger partial charge in [-0.3, -0.25) is 0 Å². The lowest BCUT2D eigenvalue weighted by atomic mass is 9.70. The first-order valence-electron chi connectivity index (χ1n) is 8.06. The minimum Gasteiger partial charge on any atom is -0.378 e. The van der Waals surface area contributed by atoms with Crippen molar-refractivity contribution in [3.8, 4) is 0 Å². The van der Waals surface area contributed by atoms with Gasteiger partial charge in [0, 0.05) is 17.0 Å². The molecule has 0 fully saturated rings. The largest absolute Gasteiger partial charge is 0.378 e. The first-order chi connectivity index (χ1) is 10.7. The number of benzene rings is 2. The van der Waals surface area contributed by atoms with Gasteiger partial charge in [0.1, 0.15) is 0 Å². The van der Waals surface area contributed by atoms with E-state index >= 15 is 0 Å². The quantitative estimate of drug-likeness (QED) is 0.727. The molecule has 3 aliphatic rings. The Bertz CT molecular complexity index is 854. The van der Waals surface area contributed by atoms with Gasteiger partial charge in [-0.05, 0) is 33.9 Å². The summed E-state index contributed by atoms with van der Waals surface area (Å²) >= 11 is 0. The second kappa shape index (κ2) is 3.92. The van der Waals surface area contributed by atoms with Gasteiger partial charge >= 0.3 is 0 Å². The predicted octanol–water partition coefficient (Wildman–Crippen LogP) is 4.88. The van der Waals surface area contributed by atoms with Gasteiger partial charge in [0.2, 0.25) is 0 Å². The highest BCUT2D eigenvalue weighted by Gasteiger charge is 2.47. The normalized spacial score (nSPS) is 26.1. The van der Waals surface area contributed by atoms with Gasteiger partial charge < -0.3 is 5.32 Å².